The van der Waals surface area contributed by atoms with Crippen molar-refractivity contribution in [2.45, 2.75) is 25.9 Å². The van der Waals surface area contributed by atoms with Gasteiger partial charge in [-0.25, -0.2) is 0 Å². The largest absolute Gasteiger partial charge is 0.308 e. The molecule has 0 fully saturated rings. The van der Waals surface area contributed by atoms with Crippen LogP contribution in [0.3, 0.4) is 0 Å². The highest BCUT2D eigenvalue weighted by molar-refractivity contribution is 7.28. The summed E-state index contributed by atoms with van der Waals surface area (Å²) in [6.07, 6.45) is 1.05. The molecule has 0 radical (unpaired) electrons. The molecule has 3 aromatic rings. The SMILES string of the molecule is CCC1NCCn2c(-c3cc4sccc4s3)nnc21. The average molecular weight is 290 g/mol. The molecule has 0 spiro atoms. The number of fused-ring (bicyclic) bond motifs is 2. The zero-order valence-electron chi connectivity index (χ0n) is 10.6. The van der Waals surface area contributed by atoms with Crippen LogP contribution in [0.25, 0.3) is 20.1 Å². The van der Waals surface area contributed by atoms with E-state index in [-0.39, 0.29) is 0 Å². The number of hydrogen-bond donors (Lipinski definition) is 1. The van der Waals surface area contributed by atoms with Crippen LogP contribution in [0.4, 0.5) is 0 Å². The van der Waals surface area contributed by atoms with Gasteiger partial charge in [0.1, 0.15) is 0 Å². The van der Waals surface area contributed by atoms with Crippen molar-refractivity contribution in [1.82, 2.24) is 20.1 Å². The fourth-order valence-corrected chi connectivity index (χ4v) is 4.72. The molecule has 0 bridgehead atoms. The van der Waals surface area contributed by atoms with Crippen LogP contribution in [0.15, 0.2) is 17.5 Å². The molecule has 0 amide bonds. The van der Waals surface area contributed by atoms with Crippen molar-refractivity contribution in [3.63, 3.8) is 0 Å². The first kappa shape index (κ1) is 11.6. The van der Waals surface area contributed by atoms with Gasteiger partial charge < -0.3 is 9.88 Å². The Labute approximate surface area is 119 Å². The lowest BCUT2D eigenvalue weighted by Gasteiger charge is -2.23. The fourth-order valence-electron chi connectivity index (χ4n) is 2.62. The van der Waals surface area contributed by atoms with Gasteiger partial charge in [-0.15, -0.1) is 32.9 Å². The molecule has 0 aromatic carbocycles. The summed E-state index contributed by atoms with van der Waals surface area (Å²) in [5.74, 6) is 2.11. The molecular formula is C13H14N4S2. The molecular weight excluding hydrogens is 276 g/mol. The molecule has 98 valence electrons. The summed E-state index contributed by atoms with van der Waals surface area (Å²) in [5.41, 5.74) is 0. The third-order valence-corrected chi connectivity index (χ3v) is 5.67. The first-order chi connectivity index (χ1) is 9.36. The van der Waals surface area contributed by atoms with Crippen LogP contribution >= 0.6 is 22.7 Å². The first-order valence-corrected chi connectivity index (χ1v) is 8.20. The van der Waals surface area contributed by atoms with Crippen molar-refractivity contribution >= 4 is 32.1 Å². The monoisotopic (exact) mass is 290 g/mol. The maximum absolute atomic E-state index is 4.43. The van der Waals surface area contributed by atoms with E-state index in [1.165, 1.54) is 14.3 Å². The van der Waals surface area contributed by atoms with E-state index < -0.39 is 0 Å². The Balaban J connectivity index is 1.83. The summed E-state index contributed by atoms with van der Waals surface area (Å²) in [6, 6.07) is 4.76. The predicted molar refractivity (Wildman–Crippen MR) is 79.8 cm³/mol. The van der Waals surface area contributed by atoms with Gasteiger partial charge in [0.2, 0.25) is 0 Å². The lowest BCUT2D eigenvalue weighted by atomic mass is 10.2. The maximum Gasteiger partial charge on any atom is 0.174 e. The normalized spacial score (nSPS) is 18.9. The summed E-state index contributed by atoms with van der Waals surface area (Å²) in [7, 11) is 0. The van der Waals surface area contributed by atoms with Gasteiger partial charge in [-0.1, -0.05) is 6.92 Å². The smallest absolute Gasteiger partial charge is 0.174 e. The second-order valence-corrected chi connectivity index (χ2v) is 6.74. The van der Waals surface area contributed by atoms with Gasteiger partial charge in [0.15, 0.2) is 11.6 Å². The molecule has 1 aliphatic rings. The molecule has 6 heteroatoms. The van der Waals surface area contributed by atoms with E-state index >= 15 is 0 Å². The Morgan fingerprint density at radius 2 is 2.37 bits per heavy atom. The second kappa shape index (κ2) is 4.40. The number of hydrogen-bond acceptors (Lipinski definition) is 5. The van der Waals surface area contributed by atoms with Crippen LogP contribution in [-0.2, 0) is 6.54 Å². The highest BCUT2D eigenvalue weighted by Crippen LogP contribution is 2.36. The summed E-state index contributed by atoms with van der Waals surface area (Å²) in [6.45, 7) is 4.14. The average Bonchev–Trinajstić information content (AvgIpc) is 3.10. The number of nitrogens with zero attached hydrogens (tertiary/aromatic N) is 3. The summed E-state index contributed by atoms with van der Waals surface area (Å²) >= 11 is 3.60. The van der Waals surface area contributed by atoms with Crippen LogP contribution in [0.2, 0.25) is 0 Å². The number of rotatable bonds is 2. The molecule has 0 aliphatic carbocycles. The molecule has 0 saturated heterocycles. The molecule has 0 saturated carbocycles. The van der Waals surface area contributed by atoms with E-state index in [4.69, 9.17) is 0 Å². The number of nitrogens with one attached hydrogen (secondary N) is 1. The van der Waals surface area contributed by atoms with Crippen LogP contribution in [0.1, 0.15) is 25.2 Å². The summed E-state index contributed by atoms with van der Waals surface area (Å²) < 4.78 is 4.97. The summed E-state index contributed by atoms with van der Waals surface area (Å²) in [4.78, 5) is 1.23. The lowest BCUT2D eigenvalue weighted by Crippen LogP contribution is -2.33. The van der Waals surface area contributed by atoms with E-state index in [1.807, 2.05) is 11.3 Å². The van der Waals surface area contributed by atoms with Gasteiger partial charge in [0.05, 0.1) is 10.9 Å². The van der Waals surface area contributed by atoms with Gasteiger partial charge in [0, 0.05) is 22.5 Å². The molecule has 1 N–H and O–H groups in total. The quantitative estimate of drug-likeness (QED) is 0.787. The topological polar surface area (TPSA) is 42.7 Å². The van der Waals surface area contributed by atoms with Gasteiger partial charge in [-0.2, -0.15) is 0 Å². The Morgan fingerprint density at radius 1 is 1.42 bits per heavy atom. The maximum atomic E-state index is 4.43. The van der Waals surface area contributed by atoms with Crippen LogP contribution in [0, 0.1) is 0 Å². The molecule has 3 aromatic heterocycles. The van der Waals surface area contributed by atoms with Crippen molar-refractivity contribution in [3.8, 4) is 10.7 Å². The Morgan fingerprint density at radius 3 is 3.21 bits per heavy atom. The Hall–Kier alpha value is -1.24. The minimum absolute atomic E-state index is 0.344. The molecule has 1 unspecified atom stereocenters. The minimum Gasteiger partial charge on any atom is -0.308 e. The van der Waals surface area contributed by atoms with Gasteiger partial charge in [-0.05, 0) is 23.9 Å². The molecule has 4 nitrogen and oxygen atoms in total. The fraction of sp³-hybridized carbons (Fsp3) is 0.385. The van der Waals surface area contributed by atoms with E-state index in [2.05, 4.69) is 44.5 Å². The van der Waals surface area contributed by atoms with Crippen LogP contribution in [0.5, 0.6) is 0 Å². The zero-order valence-corrected chi connectivity index (χ0v) is 12.2. The van der Waals surface area contributed by atoms with Crippen molar-refractivity contribution in [1.29, 1.82) is 0 Å². The molecule has 4 rings (SSSR count). The van der Waals surface area contributed by atoms with Gasteiger partial charge >= 0.3 is 0 Å². The first-order valence-electron chi connectivity index (χ1n) is 6.50. The van der Waals surface area contributed by atoms with E-state index in [1.54, 1.807) is 11.3 Å². The number of aromatic nitrogens is 3. The van der Waals surface area contributed by atoms with Crippen molar-refractivity contribution in [2.24, 2.45) is 0 Å². The zero-order chi connectivity index (χ0) is 12.8. The Bertz CT molecular complexity index is 695. The van der Waals surface area contributed by atoms with Crippen LogP contribution < -0.4 is 5.32 Å². The van der Waals surface area contributed by atoms with Crippen LogP contribution in [-0.4, -0.2) is 21.3 Å². The van der Waals surface area contributed by atoms with E-state index in [0.717, 1.165) is 31.2 Å². The van der Waals surface area contributed by atoms with Crippen molar-refractivity contribution < 1.29 is 0 Å². The van der Waals surface area contributed by atoms with Crippen molar-refractivity contribution in [3.05, 3.63) is 23.3 Å². The molecule has 4 heterocycles. The van der Waals surface area contributed by atoms with E-state index in [9.17, 15) is 0 Å². The molecule has 1 atom stereocenters. The molecule has 1 aliphatic heterocycles. The summed E-state index contributed by atoms with van der Waals surface area (Å²) in [5, 5.41) is 14.5. The standard InChI is InChI=1S/C13H14N4S2/c1-2-8-12-15-16-13(17(12)5-4-14-8)11-7-10-9(19-11)3-6-18-10/h3,6-8,14H,2,4-5H2,1H3. The van der Waals surface area contributed by atoms with E-state index in [0.29, 0.717) is 6.04 Å². The third-order valence-electron chi connectivity index (χ3n) is 3.59. The second-order valence-electron chi connectivity index (χ2n) is 4.71. The lowest BCUT2D eigenvalue weighted by molar-refractivity contribution is 0.407. The van der Waals surface area contributed by atoms with Gasteiger partial charge in [-0.3, -0.25) is 0 Å². The van der Waals surface area contributed by atoms with Crippen molar-refractivity contribution in [2.75, 3.05) is 6.54 Å². The number of thiophene rings is 2. The third kappa shape index (κ3) is 1.74. The molecule has 19 heavy (non-hydrogen) atoms. The highest BCUT2D eigenvalue weighted by atomic mass is 32.1. The highest BCUT2D eigenvalue weighted by Gasteiger charge is 2.24. The van der Waals surface area contributed by atoms with Gasteiger partial charge in [0.25, 0.3) is 0 Å². The predicted octanol–water partition coefficient (Wildman–Crippen LogP) is 3.28. The Kier molecular flexibility index (Phi) is 2.68. The minimum atomic E-state index is 0.344.